The lowest BCUT2D eigenvalue weighted by Crippen LogP contribution is -2.25. The van der Waals surface area contributed by atoms with Gasteiger partial charge in [0.25, 0.3) is 5.24 Å². The normalized spacial score (nSPS) is 15.7. The minimum atomic E-state index is -0.364. The van der Waals surface area contributed by atoms with E-state index in [1.54, 1.807) is 13.1 Å². The molecule has 2 heterocycles. The topological polar surface area (TPSA) is 94.6 Å². The van der Waals surface area contributed by atoms with Crippen LogP contribution in [0, 0.1) is 0 Å². The van der Waals surface area contributed by atoms with Crippen molar-refractivity contribution >= 4 is 28.9 Å². The van der Waals surface area contributed by atoms with Crippen LogP contribution in [0.25, 0.3) is 0 Å². The summed E-state index contributed by atoms with van der Waals surface area (Å²) in [4.78, 5) is 38.4. The lowest BCUT2D eigenvalue weighted by Gasteiger charge is -2.09. The number of imide groups is 1. The van der Waals surface area contributed by atoms with Crippen LogP contribution in [0.5, 0.6) is 5.75 Å². The molecule has 0 spiro atoms. The fraction of sp³-hybridized carbons (Fsp3) is 0.364. The molecule has 1 aromatic carbocycles. The van der Waals surface area contributed by atoms with Crippen LogP contribution in [0.15, 0.2) is 42.6 Å². The molecule has 8 heteroatoms. The van der Waals surface area contributed by atoms with Gasteiger partial charge in [-0.3, -0.25) is 24.7 Å². The number of amides is 2. The summed E-state index contributed by atoms with van der Waals surface area (Å²) in [6.45, 7) is 2.64. The summed E-state index contributed by atoms with van der Waals surface area (Å²) in [5, 5.41) is 1.65. The SMILES string of the molecule is CCC(=O)OCCc1ccc(CCOc2ccc(CC3SC(=O)NC3=O)cc2)nc1. The molecule has 1 aliphatic rings. The Morgan fingerprint density at radius 2 is 1.83 bits per heavy atom. The molecule has 158 valence electrons. The summed E-state index contributed by atoms with van der Waals surface area (Å²) in [6.07, 6.45) is 4.02. The second-order valence-electron chi connectivity index (χ2n) is 6.81. The number of thioether (sulfide) groups is 1. The summed E-state index contributed by atoms with van der Waals surface area (Å²) in [5.41, 5.74) is 2.93. The van der Waals surface area contributed by atoms with Crippen molar-refractivity contribution in [1.29, 1.82) is 0 Å². The highest BCUT2D eigenvalue weighted by Crippen LogP contribution is 2.23. The van der Waals surface area contributed by atoms with Gasteiger partial charge in [0.2, 0.25) is 5.91 Å². The first-order chi connectivity index (χ1) is 14.5. The van der Waals surface area contributed by atoms with Gasteiger partial charge in [0.05, 0.1) is 18.5 Å². The zero-order valence-corrected chi connectivity index (χ0v) is 17.6. The third-order valence-electron chi connectivity index (χ3n) is 4.57. The van der Waals surface area contributed by atoms with Gasteiger partial charge < -0.3 is 9.47 Å². The van der Waals surface area contributed by atoms with Crippen molar-refractivity contribution in [2.75, 3.05) is 13.2 Å². The third kappa shape index (κ3) is 6.59. The van der Waals surface area contributed by atoms with Gasteiger partial charge in [0.1, 0.15) is 5.75 Å². The summed E-state index contributed by atoms with van der Waals surface area (Å²) < 4.78 is 10.8. The first-order valence-corrected chi connectivity index (χ1v) is 10.7. The molecule has 1 atom stereocenters. The van der Waals surface area contributed by atoms with Crippen LogP contribution in [-0.4, -0.2) is 40.6 Å². The number of hydrogen-bond acceptors (Lipinski definition) is 7. The fourth-order valence-electron chi connectivity index (χ4n) is 2.87. The molecule has 1 N–H and O–H groups in total. The number of carbonyl (C=O) groups excluding carboxylic acids is 3. The largest absolute Gasteiger partial charge is 0.493 e. The maximum absolute atomic E-state index is 11.6. The molecule has 0 aliphatic carbocycles. The van der Waals surface area contributed by atoms with Crippen molar-refractivity contribution in [3.63, 3.8) is 0 Å². The number of nitrogens with zero attached hydrogens (tertiary/aromatic N) is 1. The Bertz CT molecular complexity index is 883. The minimum Gasteiger partial charge on any atom is -0.493 e. The van der Waals surface area contributed by atoms with E-state index in [4.69, 9.17) is 9.47 Å². The average molecular weight is 429 g/mol. The first kappa shape index (κ1) is 21.8. The first-order valence-electron chi connectivity index (χ1n) is 9.86. The number of esters is 1. The Morgan fingerprint density at radius 3 is 2.47 bits per heavy atom. The van der Waals surface area contributed by atoms with Gasteiger partial charge in [-0.1, -0.05) is 36.9 Å². The van der Waals surface area contributed by atoms with Crippen molar-refractivity contribution in [3.05, 3.63) is 59.4 Å². The van der Waals surface area contributed by atoms with Crippen molar-refractivity contribution in [1.82, 2.24) is 10.3 Å². The van der Waals surface area contributed by atoms with Crippen LogP contribution in [0.3, 0.4) is 0 Å². The van der Waals surface area contributed by atoms with E-state index in [0.717, 1.165) is 34.3 Å². The molecule has 30 heavy (non-hydrogen) atoms. The highest BCUT2D eigenvalue weighted by molar-refractivity contribution is 8.15. The third-order valence-corrected chi connectivity index (χ3v) is 5.55. The lowest BCUT2D eigenvalue weighted by atomic mass is 10.1. The van der Waals surface area contributed by atoms with Crippen LogP contribution in [0.2, 0.25) is 0 Å². The number of aromatic nitrogens is 1. The van der Waals surface area contributed by atoms with E-state index in [0.29, 0.717) is 38.9 Å². The summed E-state index contributed by atoms with van der Waals surface area (Å²) >= 11 is 1.03. The standard InChI is InChI=1S/C22H24N2O5S/c1-2-20(25)29-11-9-16-3-6-17(23-14-16)10-12-28-18-7-4-15(5-8-18)13-19-21(26)24-22(27)30-19/h3-8,14,19H,2,9-13H2,1H3,(H,24,26,27). The van der Waals surface area contributed by atoms with Crippen LogP contribution in [0.1, 0.15) is 30.2 Å². The van der Waals surface area contributed by atoms with Gasteiger partial charge >= 0.3 is 5.97 Å². The molecule has 1 fully saturated rings. The zero-order chi connectivity index (χ0) is 21.3. The zero-order valence-electron chi connectivity index (χ0n) is 16.8. The number of ether oxygens (including phenoxy) is 2. The second kappa shape index (κ2) is 10.8. The molecular weight excluding hydrogens is 404 g/mol. The Kier molecular flexibility index (Phi) is 7.84. The van der Waals surface area contributed by atoms with E-state index in [-0.39, 0.29) is 22.4 Å². The number of nitrogens with one attached hydrogen (secondary N) is 1. The molecule has 1 saturated heterocycles. The lowest BCUT2D eigenvalue weighted by molar-refractivity contribution is -0.143. The van der Waals surface area contributed by atoms with Crippen LogP contribution >= 0.6 is 11.8 Å². The molecule has 0 radical (unpaired) electrons. The van der Waals surface area contributed by atoms with Crippen molar-refractivity contribution in [2.24, 2.45) is 0 Å². The molecule has 7 nitrogen and oxygen atoms in total. The molecular formula is C22H24N2O5S. The molecule has 0 saturated carbocycles. The monoisotopic (exact) mass is 428 g/mol. The molecule has 2 amide bonds. The minimum absolute atomic E-state index is 0.192. The molecule has 1 unspecified atom stereocenters. The van der Waals surface area contributed by atoms with E-state index < -0.39 is 0 Å². The Morgan fingerprint density at radius 1 is 1.07 bits per heavy atom. The molecule has 0 bridgehead atoms. The number of carbonyl (C=O) groups is 3. The smallest absolute Gasteiger partial charge is 0.305 e. The fourth-order valence-corrected chi connectivity index (χ4v) is 3.73. The summed E-state index contributed by atoms with van der Waals surface area (Å²) in [7, 11) is 0. The van der Waals surface area contributed by atoms with E-state index in [2.05, 4.69) is 10.3 Å². The molecule has 2 aromatic rings. The highest BCUT2D eigenvalue weighted by Gasteiger charge is 2.31. The predicted octanol–water partition coefficient (Wildman–Crippen LogP) is 3.09. The number of rotatable bonds is 10. The summed E-state index contributed by atoms with van der Waals surface area (Å²) in [6, 6.07) is 11.5. The Labute approximate surface area is 179 Å². The number of hydrogen-bond donors (Lipinski definition) is 1. The Balaban J connectivity index is 1.39. The van der Waals surface area contributed by atoms with Gasteiger partial charge in [0, 0.05) is 31.2 Å². The van der Waals surface area contributed by atoms with Crippen molar-refractivity contribution in [3.8, 4) is 5.75 Å². The van der Waals surface area contributed by atoms with Crippen LogP contribution in [0.4, 0.5) is 4.79 Å². The van der Waals surface area contributed by atoms with Crippen LogP contribution in [-0.2, 0) is 33.6 Å². The molecule has 1 aliphatic heterocycles. The predicted molar refractivity (Wildman–Crippen MR) is 113 cm³/mol. The average Bonchev–Trinajstić information content (AvgIpc) is 3.07. The van der Waals surface area contributed by atoms with Gasteiger partial charge in [-0.25, -0.2) is 0 Å². The van der Waals surface area contributed by atoms with E-state index >= 15 is 0 Å². The highest BCUT2D eigenvalue weighted by atomic mass is 32.2. The van der Waals surface area contributed by atoms with Gasteiger partial charge in [-0.05, 0) is 35.7 Å². The van der Waals surface area contributed by atoms with Gasteiger partial charge in [-0.15, -0.1) is 0 Å². The second-order valence-corrected chi connectivity index (χ2v) is 7.99. The van der Waals surface area contributed by atoms with E-state index in [9.17, 15) is 14.4 Å². The van der Waals surface area contributed by atoms with Gasteiger partial charge in [0.15, 0.2) is 0 Å². The number of pyridine rings is 1. The quantitative estimate of drug-likeness (QED) is 0.581. The van der Waals surface area contributed by atoms with Crippen LogP contribution < -0.4 is 10.1 Å². The molecule has 3 rings (SSSR count). The van der Waals surface area contributed by atoms with Gasteiger partial charge in [-0.2, -0.15) is 0 Å². The Hall–Kier alpha value is -2.87. The van der Waals surface area contributed by atoms with Crippen molar-refractivity contribution < 1.29 is 23.9 Å². The van der Waals surface area contributed by atoms with E-state index in [1.165, 1.54) is 0 Å². The van der Waals surface area contributed by atoms with Crippen molar-refractivity contribution in [2.45, 2.75) is 37.9 Å². The maximum atomic E-state index is 11.6. The summed E-state index contributed by atoms with van der Waals surface area (Å²) in [5.74, 6) is 0.321. The maximum Gasteiger partial charge on any atom is 0.305 e. The number of benzene rings is 1. The van der Waals surface area contributed by atoms with E-state index in [1.807, 2.05) is 36.4 Å². The molecule has 1 aromatic heterocycles.